The zero-order chi connectivity index (χ0) is 29.1. The highest BCUT2D eigenvalue weighted by Gasteiger charge is 2.34. The zero-order valence-electron chi connectivity index (χ0n) is 22.5. The fourth-order valence-electron chi connectivity index (χ4n) is 4.94. The number of nitrogens with one attached hydrogen (secondary N) is 1. The highest BCUT2D eigenvalue weighted by molar-refractivity contribution is 6.30. The Balaban J connectivity index is 1.36. The number of pyridine rings is 1. The SMILES string of the molecule is COc1ccccc1CN(C)C(=O)c1ccc(-c2cnc3c(c2)N(Cc2cc(Cl)ccc2C(F)(F)F)CCN3)cc1. The average molecular weight is 581 g/mol. The van der Waals surface area contributed by atoms with Crippen molar-refractivity contribution in [3.8, 4) is 16.9 Å². The minimum Gasteiger partial charge on any atom is -0.496 e. The van der Waals surface area contributed by atoms with Gasteiger partial charge in [0.2, 0.25) is 0 Å². The third kappa shape index (κ3) is 6.25. The minimum absolute atomic E-state index is 0.0290. The lowest BCUT2D eigenvalue weighted by atomic mass is 10.0. The summed E-state index contributed by atoms with van der Waals surface area (Å²) in [5.41, 5.74) is 3.13. The number of alkyl halides is 3. The van der Waals surface area contributed by atoms with Gasteiger partial charge in [0.25, 0.3) is 5.91 Å². The average Bonchev–Trinajstić information content (AvgIpc) is 2.96. The molecule has 212 valence electrons. The van der Waals surface area contributed by atoms with Gasteiger partial charge in [0.1, 0.15) is 11.6 Å². The Bertz CT molecular complexity index is 1560. The summed E-state index contributed by atoms with van der Waals surface area (Å²) >= 11 is 6.06. The predicted octanol–water partition coefficient (Wildman–Crippen LogP) is 7.13. The van der Waals surface area contributed by atoms with Gasteiger partial charge in [0.05, 0.1) is 18.4 Å². The van der Waals surface area contributed by atoms with E-state index in [4.69, 9.17) is 16.3 Å². The van der Waals surface area contributed by atoms with E-state index < -0.39 is 11.7 Å². The maximum absolute atomic E-state index is 13.7. The van der Waals surface area contributed by atoms with E-state index in [0.717, 1.165) is 28.5 Å². The molecule has 1 aliphatic rings. The lowest BCUT2D eigenvalue weighted by Crippen LogP contribution is -2.34. The van der Waals surface area contributed by atoms with Crippen LogP contribution in [-0.4, -0.2) is 43.0 Å². The number of halogens is 4. The van der Waals surface area contributed by atoms with Gasteiger partial charge in [0, 0.05) is 61.1 Å². The summed E-state index contributed by atoms with van der Waals surface area (Å²) in [5, 5.41) is 3.47. The van der Waals surface area contributed by atoms with Crippen LogP contribution >= 0.6 is 11.6 Å². The number of anilines is 2. The molecule has 2 heterocycles. The van der Waals surface area contributed by atoms with E-state index in [1.807, 2.05) is 47.4 Å². The van der Waals surface area contributed by atoms with Gasteiger partial charge in [-0.2, -0.15) is 13.2 Å². The fraction of sp³-hybridized carbons (Fsp3) is 0.226. The summed E-state index contributed by atoms with van der Waals surface area (Å²) in [6.45, 7) is 1.46. The van der Waals surface area contributed by atoms with Crippen molar-refractivity contribution in [2.45, 2.75) is 19.3 Å². The van der Waals surface area contributed by atoms with E-state index in [1.54, 1.807) is 37.4 Å². The quantitative estimate of drug-likeness (QED) is 0.252. The molecule has 0 bridgehead atoms. The molecule has 3 aromatic carbocycles. The molecule has 0 fully saturated rings. The Morgan fingerprint density at radius 3 is 2.54 bits per heavy atom. The van der Waals surface area contributed by atoms with Crippen molar-refractivity contribution in [2.24, 2.45) is 0 Å². The molecule has 0 saturated carbocycles. The second-order valence-corrected chi connectivity index (χ2v) is 10.2. The van der Waals surface area contributed by atoms with Crippen molar-refractivity contribution in [3.05, 3.63) is 106 Å². The third-order valence-electron chi connectivity index (χ3n) is 7.03. The molecular formula is C31H28ClF3N4O2. The van der Waals surface area contributed by atoms with E-state index in [9.17, 15) is 18.0 Å². The highest BCUT2D eigenvalue weighted by atomic mass is 35.5. The largest absolute Gasteiger partial charge is 0.496 e. The van der Waals surface area contributed by atoms with Crippen molar-refractivity contribution < 1.29 is 22.7 Å². The minimum atomic E-state index is -4.49. The number of benzene rings is 3. The van der Waals surface area contributed by atoms with Crippen LogP contribution in [0, 0.1) is 0 Å². The maximum Gasteiger partial charge on any atom is 0.416 e. The normalized spacial score (nSPS) is 12.9. The molecule has 0 atom stereocenters. The van der Waals surface area contributed by atoms with Gasteiger partial charge in [-0.1, -0.05) is 41.9 Å². The molecule has 41 heavy (non-hydrogen) atoms. The van der Waals surface area contributed by atoms with Crippen molar-refractivity contribution in [3.63, 3.8) is 0 Å². The van der Waals surface area contributed by atoms with E-state index in [0.29, 0.717) is 36.7 Å². The van der Waals surface area contributed by atoms with Gasteiger partial charge in [-0.15, -0.1) is 0 Å². The molecule has 1 aliphatic heterocycles. The first-order valence-electron chi connectivity index (χ1n) is 13.0. The number of rotatable bonds is 7. The fourth-order valence-corrected chi connectivity index (χ4v) is 5.14. The molecule has 6 nitrogen and oxygen atoms in total. The number of aromatic nitrogens is 1. The number of hydrogen-bond donors (Lipinski definition) is 1. The monoisotopic (exact) mass is 580 g/mol. The van der Waals surface area contributed by atoms with Crippen molar-refractivity contribution in [1.29, 1.82) is 0 Å². The van der Waals surface area contributed by atoms with Crippen LogP contribution in [0.3, 0.4) is 0 Å². The molecule has 1 amide bonds. The first-order chi connectivity index (χ1) is 19.6. The zero-order valence-corrected chi connectivity index (χ0v) is 23.3. The van der Waals surface area contributed by atoms with Gasteiger partial charge in [-0.25, -0.2) is 4.98 Å². The van der Waals surface area contributed by atoms with Crippen molar-refractivity contribution in [2.75, 3.05) is 37.5 Å². The Morgan fingerprint density at radius 2 is 1.80 bits per heavy atom. The van der Waals surface area contributed by atoms with Gasteiger partial charge in [0.15, 0.2) is 0 Å². The number of ether oxygens (including phenoxy) is 1. The van der Waals surface area contributed by atoms with Gasteiger partial charge < -0.3 is 19.9 Å². The first kappa shape index (κ1) is 28.3. The third-order valence-corrected chi connectivity index (χ3v) is 7.26. The second kappa shape index (κ2) is 11.7. The number of carbonyl (C=O) groups excluding carboxylic acids is 1. The smallest absolute Gasteiger partial charge is 0.416 e. The topological polar surface area (TPSA) is 57.7 Å². The molecule has 0 unspecified atom stereocenters. The first-order valence-corrected chi connectivity index (χ1v) is 13.3. The molecule has 0 spiro atoms. The number of fused-ring (bicyclic) bond motifs is 1. The van der Waals surface area contributed by atoms with Gasteiger partial charge in [-0.05, 0) is 53.6 Å². The lowest BCUT2D eigenvalue weighted by Gasteiger charge is -2.32. The van der Waals surface area contributed by atoms with E-state index in [2.05, 4.69) is 10.3 Å². The molecule has 0 saturated heterocycles. The standard InChI is InChI=1S/C31H28ClF3N4O2/c1-38(18-22-5-3-4-6-28(22)41-2)30(40)21-9-7-20(8-10-21)23-16-27-29(37-17-23)36-13-14-39(27)19-24-15-25(32)11-12-26(24)31(33,34)35/h3-12,15-17H,13-14,18-19H2,1-2H3,(H,36,37). The van der Waals surface area contributed by atoms with E-state index in [1.165, 1.54) is 12.1 Å². The van der Waals surface area contributed by atoms with Crippen LogP contribution in [0.25, 0.3) is 11.1 Å². The van der Waals surface area contributed by atoms with Crippen LogP contribution in [0.1, 0.15) is 27.0 Å². The van der Waals surface area contributed by atoms with E-state index in [-0.39, 0.29) is 23.0 Å². The van der Waals surface area contributed by atoms with Crippen LogP contribution in [0.5, 0.6) is 5.75 Å². The van der Waals surface area contributed by atoms with Crippen molar-refractivity contribution >= 4 is 29.0 Å². The summed E-state index contributed by atoms with van der Waals surface area (Å²) < 4.78 is 46.4. The molecule has 1 aromatic heterocycles. The Labute approximate surface area is 241 Å². The molecule has 4 aromatic rings. The number of hydrogen-bond acceptors (Lipinski definition) is 5. The number of nitrogens with zero attached hydrogens (tertiary/aromatic N) is 3. The van der Waals surface area contributed by atoms with Crippen LogP contribution < -0.4 is 15.0 Å². The predicted molar refractivity (Wildman–Crippen MR) is 154 cm³/mol. The molecule has 5 rings (SSSR count). The molecule has 0 radical (unpaired) electrons. The Hall–Kier alpha value is -4.24. The number of carbonyl (C=O) groups is 1. The Kier molecular flexibility index (Phi) is 8.08. The highest BCUT2D eigenvalue weighted by Crippen LogP contribution is 2.37. The maximum atomic E-state index is 13.7. The lowest BCUT2D eigenvalue weighted by molar-refractivity contribution is -0.138. The summed E-state index contributed by atoms with van der Waals surface area (Å²) in [4.78, 5) is 21.1. The number of methoxy groups -OCH3 is 1. The molecular weight excluding hydrogens is 553 g/mol. The van der Waals surface area contributed by atoms with E-state index >= 15 is 0 Å². The summed E-state index contributed by atoms with van der Waals surface area (Å²) in [5.74, 6) is 1.18. The summed E-state index contributed by atoms with van der Waals surface area (Å²) in [6.07, 6.45) is -2.78. The molecule has 0 aliphatic carbocycles. The molecule has 10 heteroatoms. The van der Waals surface area contributed by atoms with Gasteiger partial charge >= 0.3 is 6.18 Å². The van der Waals surface area contributed by atoms with Crippen LogP contribution in [-0.2, 0) is 19.3 Å². The summed E-state index contributed by atoms with van der Waals surface area (Å²) in [6, 6.07) is 20.3. The van der Waals surface area contributed by atoms with Crippen LogP contribution in [0.4, 0.5) is 24.7 Å². The number of para-hydroxylation sites is 1. The second-order valence-electron chi connectivity index (χ2n) is 9.79. The van der Waals surface area contributed by atoms with Crippen molar-refractivity contribution in [1.82, 2.24) is 9.88 Å². The Morgan fingerprint density at radius 1 is 1.05 bits per heavy atom. The number of amides is 1. The van der Waals surface area contributed by atoms with Gasteiger partial charge in [-0.3, -0.25) is 4.79 Å². The van der Waals surface area contributed by atoms with Crippen LogP contribution in [0.15, 0.2) is 79.0 Å². The summed E-state index contributed by atoms with van der Waals surface area (Å²) in [7, 11) is 3.34. The molecule has 1 N–H and O–H groups in total. The van der Waals surface area contributed by atoms with Crippen LogP contribution in [0.2, 0.25) is 5.02 Å².